The number of amides is 2. The van der Waals surface area contributed by atoms with Gasteiger partial charge < -0.3 is 20.2 Å². The van der Waals surface area contributed by atoms with Gasteiger partial charge in [0.1, 0.15) is 5.54 Å². The third-order valence-electron chi connectivity index (χ3n) is 4.72. The van der Waals surface area contributed by atoms with Crippen molar-refractivity contribution in [2.24, 2.45) is 0 Å². The first-order valence-electron chi connectivity index (χ1n) is 7.61. The Morgan fingerprint density at radius 3 is 2.19 bits per heavy atom. The average molecular weight is 299 g/mol. The predicted molar refractivity (Wildman–Crippen MR) is 82.4 cm³/mol. The van der Waals surface area contributed by atoms with Crippen molar-refractivity contribution in [2.75, 3.05) is 27.7 Å². The van der Waals surface area contributed by atoms with E-state index >= 15 is 0 Å². The van der Waals surface area contributed by atoms with Gasteiger partial charge in [-0.25, -0.2) is 9.59 Å². The number of rotatable bonds is 7. The van der Waals surface area contributed by atoms with Crippen molar-refractivity contribution < 1.29 is 14.7 Å². The van der Waals surface area contributed by atoms with Gasteiger partial charge in [0, 0.05) is 19.1 Å². The zero-order chi connectivity index (χ0) is 16.3. The lowest BCUT2D eigenvalue weighted by Gasteiger charge is -2.49. The molecule has 2 N–H and O–H groups in total. The van der Waals surface area contributed by atoms with Gasteiger partial charge in [0.2, 0.25) is 0 Å². The fourth-order valence-electron chi connectivity index (χ4n) is 2.90. The summed E-state index contributed by atoms with van der Waals surface area (Å²) < 4.78 is 0. The molecule has 1 aliphatic rings. The van der Waals surface area contributed by atoms with Crippen LogP contribution >= 0.6 is 0 Å². The molecular weight excluding hydrogens is 270 g/mol. The molecule has 0 aromatic rings. The van der Waals surface area contributed by atoms with Gasteiger partial charge in [-0.3, -0.25) is 0 Å². The summed E-state index contributed by atoms with van der Waals surface area (Å²) in [5.41, 5.74) is -1.17. The molecule has 122 valence electrons. The van der Waals surface area contributed by atoms with Crippen LogP contribution in [-0.2, 0) is 4.79 Å². The SMILES string of the molecule is CCCC(C)(NC(=O)N(C)CC1(N(C)C)CCC1)C(=O)O. The molecule has 0 aromatic heterocycles. The van der Waals surface area contributed by atoms with E-state index in [9.17, 15) is 14.7 Å². The molecule has 1 saturated carbocycles. The van der Waals surface area contributed by atoms with Crippen molar-refractivity contribution in [3.63, 3.8) is 0 Å². The van der Waals surface area contributed by atoms with Crippen LogP contribution < -0.4 is 5.32 Å². The van der Waals surface area contributed by atoms with Gasteiger partial charge >= 0.3 is 12.0 Å². The van der Waals surface area contributed by atoms with Gasteiger partial charge in [-0.05, 0) is 46.7 Å². The minimum atomic E-state index is -1.20. The van der Waals surface area contributed by atoms with Crippen LogP contribution in [0.5, 0.6) is 0 Å². The number of likely N-dealkylation sites (N-methyl/N-ethyl adjacent to an activating group) is 2. The van der Waals surface area contributed by atoms with Crippen LogP contribution in [0.25, 0.3) is 0 Å². The monoisotopic (exact) mass is 299 g/mol. The maximum absolute atomic E-state index is 12.3. The van der Waals surface area contributed by atoms with Crippen molar-refractivity contribution in [2.45, 2.75) is 57.0 Å². The standard InChI is InChI=1S/C15H29N3O3/c1-6-8-14(2,12(19)20)16-13(21)18(5)11-15(17(3)4)9-7-10-15/h6-11H2,1-5H3,(H,16,21)(H,19,20). The first-order chi connectivity index (χ1) is 9.67. The summed E-state index contributed by atoms with van der Waals surface area (Å²) in [7, 11) is 5.79. The average Bonchev–Trinajstić information content (AvgIpc) is 2.32. The van der Waals surface area contributed by atoms with E-state index in [1.807, 2.05) is 21.0 Å². The Bertz CT molecular complexity index is 394. The molecule has 1 fully saturated rings. The molecule has 0 heterocycles. The minimum absolute atomic E-state index is 0.0382. The number of aliphatic carboxylic acids is 1. The second-order valence-electron chi connectivity index (χ2n) is 6.65. The Labute approximate surface area is 127 Å². The number of hydrogen-bond acceptors (Lipinski definition) is 3. The maximum atomic E-state index is 12.3. The van der Waals surface area contributed by atoms with Crippen LogP contribution in [0.3, 0.4) is 0 Å². The third-order valence-corrected chi connectivity index (χ3v) is 4.72. The quantitative estimate of drug-likeness (QED) is 0.751. The van der Waals surface area contributed by atoms with E-state index in [0.717, 1.165) is 12.8 Å². The van der Waals surface area contributed by atoms with E-state index in [0.29, 0.717) is 19.4 Å². The first-order valence-corrected chi connectivity index (χ1v) is 7.61. The summed E-state index contributed by atoms with van der Waals surface area (Å²) >= 11 is 0. The van der Waals surface area contributed by atoms with Crippen molar-refractivity contribution in [3.05, 3.63) is 0 Å². The first kappa shape index (κ1) is 17.8. The zero-order valence-electron chi connectivity index (χ0n) is 13.9. The van der Waals surface area contributed by atoms with E-state index in [-0.39, 0.29) is 11.6 Å². The molecule has 0 bridgehead atoms. The highest BCUT2D eigenvalue weighted by molar-refractivity contribution is 5.85. The summed E-state index contributed by atoms with van der Waals surface area (Å²) in [6.45, 7) is 4.09. The Morgan fingerprint density at radius 1 is 1.29 bits per heavy atom. The number of nitrogens with one attached hydrogen (secondary N) is 1. The van der Waals surface area contributed by atoms with Crippen molar-refractivity contribution in [1.82, 2.24) is 15.1 Å². The number of carbonyl (C=O) groups excluding carboxylic acids is 1. The largest absolute Gasteiger partial charge is 0.480 e. The van der Waals surface area contributed by atoms with Crippen LogP contribution in [0.2, 0.25) is 0 Å². The smallest absolute Gasteiger partial charge is 0.329 e. The van der Waals surface area contributed by atoms with Gasteiger partial charge in [0.15, 0.2) is 0 Å². The molecule has 0 saturated heterocycles. The van der Waals surface area contributed by atoms with Gasteiger partial charge in [-0.15, -0.1) is 0 Å². The zero-order valence-corrected chi connectivity index (χ0v) is 13.9. The number of carboxylic acids is 1. The molecule has 0 aromatic carbocycles. The number of carboxylic acid groups (broad SMARTS) is 1. The highest BCUT2D eigenvalue weighted by Gasteiger charge is 2.42. The minimum Gasteiger partial charge on any atom is -0.480 e. The lowest BCUT2D eigenvalue weighted by atomic mass is 9.75. The van der Waals surface area contributed by atoms with Crippen LogP contribution in [0.15, 0.2) is 0 Å². The molecule has 0 spiro atoms. The molecule has 0 radical (unpaired) electrons. The maximum Gasteiger partial charge on any atom is 0.329 e. The Hall–Kier alpha value is -1.30. The van der Waals surface area contributed by atoms with Crippen molar-refractivity contribution in [3.8, 4) is 0 Å². The third kappa shape index (κ3) is 3.87. The summed E-state index contributed by atoms with van der Waals surface area (Å²) in [5.74, 6) is -0.989. The van der Waals surface area contributed by atoms with Crippen LogP contribution in [0.1, 0.15) is 46.0 Å². The van der Waals surface area contributed by atoms with E-state index < -0.39 is 11.5 Å². The van der Waals surface area contributed by atoms with E-state index in [1.54, 1.807) is 18.9 Å². The van der Waals surface area contributed by atoms with Gasteiger partial charge in [0.25, 0.3) is 0 Å². The molecule has 2 amide bonds. The number of hydrogen-bond donors (Lipinski definition) is 2. The number of carbonyl (C=O) groups is 2. The summed E-state index contributed by atoms with van der Waals surface area (Å²) in [6.07, 6.45) is 4.44. The van der Waals surface area contributed by atoms with Crippen molar-refractivity contribution in [1.29, 1.82) is 0 Å². The molecule has 1 rings (SSSR count). The lowest BCUT2D eigenvalue weighted by Crippen LogP contribution is -2.61. The van der Waals surface area contributed by atoms with Gasteiger partial charge in [0.05, 0.1) is 0 Å². The molecule has 6 heteroatoms. The predicted octanol–water partition coefficient (Wildman–Crippen LogP) is 1.76. The van der Waals surface area contributed by atoms with E-state index in [1.165, 1.54) is 6.42 Å². The fraction of sp³-hybridized carbons (Fsp3) is 0.867. The molecule has 1 unspecified atom stereocenters. The van der Waals surface area contributed by atoms with Crippen LogP contribution in [-0.4, -0.2) is 65.7 Å². The van der Waals surface area contributed by atoms with Crippen LogP contribution in [0, 0.1) is 0 Å². The molecule has 21 heavy (non-hydrogen) atoms. The van der Waals surface area contributed by atoms with Crippen molar-refractivity contribution >= 4 is 12.0 Å². The second-order valence-corrected chi connectivity index (χ2v) is 6.65. The molecule has 1 aliphatic carbocycles. The highest BCUT2D eigenvalue weighted by atomic mass is 16.4. The van der Waals surface area contributed by atoms with E-state index in [4.69, 9.17) is 0 Å². The second kappa shape index (κ2) is 6.64. The van der Waals surface area contributed by atoms with Gasteiger partial charge in [-0.2, -0.15) is 0 Å². The Balaban J connectivity index is 2.68. The Morgan fingerprint density at radius 2 is 1.86 bits per heavy atom. The topological polar surface area (TPSA) is 72.9 Å². The van der Waals surface area contributed by atoms with Crippen LogP contribution in [0.4, 0.5) is 4.79 Å². The lowest BCUT2D eigenvalue weighted by molar-refractivity contribution is -0.144. The number of urea groups is 1. The summed E-state index contributed by atoms with van der Waals surface area (Å²) in [5, 5.41) is 12.0. The fourth-order valence-corrected chi connectivity index (χ4v) is 2.90. The Kier molecular flexibility index (Phi) is 5.61. The molecule has 1 atom stereocenters. The van der Waals surface area contributed by atoms with Gasteiger partial charge in [-0.1, -0.05) is 13.3 Å². The summed E-state index contributed by atoms with van der Waals surface area (Å²) in [4.78, 5) is 27.5. The molecule has 0 aliphatic heterocycles. The normalized spacial score (nSPS) is 19.5. The highest BCUT2D eigenvalue weighted by Crippen LogP contribution is 2.36. The molecular formula is C15H29N3O3. The van der Waals surface area contributed by atoms with E-state index in [2.05, 4.69) is 10.2 Å². The summed E-state index contributed by atoms with van der Waals surface area (Å²) in [6, 6.07) is -0.318. The number of nitrogens with zero attached hydrogens (tertiary/aromatic N) is 2. The molecule has 6 nitrogen and oxygen atoms in total.